The average Bonchev–Trinajstić information content (AvgIpc) is 3.22. The highest BCUT2D eigenvalue weighted by Crippen LogP contribution is 2.41. The fraction of sp³-hybridized carbons (Fsp3) is 0.650. The molecular weight excluding hydrogens is 300 g/mol. The monoisotopic (exact) mass is 330 g/mol. The van der Waals surface area contributed by atoms with Gasteiger partial charge in [-0.2, -0.15) is 0 Å². The number of aliphatic hydroxyl groups is 1. The van der Waals surface area contributed by atoms with Crippen molar-refractivity contribution in [3.63, 3.8) is 0 Å². The highest BCUT2D eigenvalue weighted by Gasteiger charge is 2.43. The number of carbonyl (C=O) groups excluding carboxylic acids is 1. The first-order valence-electron chi connectivity index (χ1n) is 9.30. The molecule has 0 spiro atoms. The van der Waals surface area contributed by atoms with Crippen molar-refractivity contribution in [1.29, 1.82) is 0 Å². The molecule has 0 aromatic heterocycles. The van der Waals surface area contributed by atoms with Gasteiger partial charge in [-0.15, -0.1) is 0 Å². The minimum atomic E-state index is -0.382. The molecular formula is C20H30N2O2. The standard InChI is InChI=1S/C20H30N2O2/c1-14(2)15-5-7-17(8-6-15)20(9-3-4-10-20)19(24)22-12-16-11-21-13-18(16)23/h5-8,14,16,18,21,23H,3-4,9-13H2,1-2H3,(H,22,24). The van der Waals surface area contributed by atoms with Crippen molar-refractivity contribution in [2.24, 2.45) is 5.92 Å². The van der Waals surface area contributed by atoms with E-state index >= 15 is 0 Å². The molecule has 1 aromatic carbocycles. The number of benzene rings is 1. The van der Waals surface area contributed by atoms with Crippen molar-refractivity contribution in [1.82, 2.24) is 10.6 Å². The predicted octanol–water partition coefficient (Wildman–Crippen LogP) is 2.32. The Hall–Kier alpha value is -1.39. The second-order valence-corrected chi connectivity index (χ2v) is 7.76. The summed E-state index contributed by atoms with van der Waals surface area (Å²) >= 11 is 0. The first-order valence-corrected chi connectivity index (χ1v) is 9.30. The van der Waals surface area contributed by atoms with Gasteiger partial charge < -0.3 is 15.7 Å². The zero-order valence-corrected chi connectivity index (χ0v) is 14.8. The number of nitrogens with one attached hydrogen (secondary N) is 2. The van der Waals surface area contributed by atoms with Crippen LogP contribution in [0.1, 0.15) is 56.6 Å². The molecule has 1 saturated carbocycles. The second-order valence-electron chi connectivity index (χ2n) is 7.76. The van der Waals surface area contributed by atoms with Gasteiger partial charge in [-0.1, -0.05) is 51.0 Å². The van der Waals surface area contributed by atoms with Crippen LogP contribution in [0.25, 0.3) is 0 Å². The lowest BCUT2D eigenvalue weighted by molar-refractivity contribution is -0.126. The Bertz CT molecular complexity index is 562. The zero-order chi connectivity index (χ0) is 17.2. The second kappa shape index (κ2) is 7.24. The van der Waals surface area contributed by atoms with E-state index in [1.165, 1.54) is 5.56 Å². The van der Waals surface area contributed by atoms with Crippen molar-refractivity contribution in [3.8, 4) is 0 Å². The molecule has 132 valence electrons. The van der Waals surface area contributed by atoms with Crippen LogP contribution in [0.15, 0.2) is 24.3 Å². The molecule has 1 amide bonds. The molecule has 2 fully saturated rings. The number of aliphatic hydroxyl groups excluding tert-OH is 1. The molecule has 1 aromatic rings. The fourth-order valence-corrected chi connectivity index (χ4v) is 4.13. The van der Waals surface area contributed by atoms with Crippen molar-refractivity contribution in [2.75, 3.05) is 19.6 Å². The molecule has 2 unspecified atom stereocenters. The van der Waals surface area contributed by atoms with E-state index in [-0.39, 0.29) is 23.3 Å². The van der Waals surface area contributed by atoms with Gasteiger partial charge in [0.25, 0.3) is 0 Å². The maximum Gasteiger partial charge on any atom is 0.230 e. The molecule has 4 nitrogen and oxygen atoms in total. The van der Waals surface area contributed by atoms with Crippen LogP contribution >= 0.6 is 0 Å². The Labute approximate surface area is 145 Å². The molecule has 3 rings (SSSR count). The van der Waals surface area contributed by atoms with Crippen LogP contribution in [0.2, 0.25) is 0 Å². The van der Waals surface area contributed by atoms with E-state index in [0.717, 1.165) is 37.8 Å². The number of hydrogen-bond acceptors (Lipinski definition) is 3. The van der Waals surface area contributed by atoms with Crippen molar-refractivity contribution < 1.29 is 9.90 Å². The van der Waals surface area contributed by atoms with Gasteiger partial charge in [-0.3, -0.25) is 4.79 Å². The fourth-order valence-electron chi connectivity index (χ4n) is 4.13. The average molecular weight is 330 g/mol. The Morgan fingerprint density at radius 1 is 1.25 bits per heavy atom. The van der Waals surface area contributed by atoms with E-state index in [1.807, 2.05) is 0 Å². The lowest BCUT2D eigenvalue weighted by atomic mass is 9.77. The smallest absolute Gasteiger partial charge is 0.230 e. The lowest BCUT2D eigenvalue weighted by Gasteiger charge is -2.29. The van der Waals surface area contributed by atoms with Crippen molar-refractivity contribution >= 4 is 5.91 Å². The Morgan fingerprint density at radius 3 is 2.46 bits per heavy atom. The quantitative estimate of drug-likeness (QED) is 0.776. The number of carbonyl (C=O) groups is 1. The zero-order valence-electron chi connectivity index (χ0n) is 14.8. The summed E-state index contributed by atoms with van der Waals surface area (Å²) < 4.78 is 0. The van der Waals surface area contributed by atoms with E-state index in [4.69, 9.17) is 0 Å². The van der Waals surface area contributed by atoms with E-state index in [0.29, 0.717) is 19.0 Å². The van der Waals surface area contributed by atoms with Gasteiger partial charge in [0.15, 0.2) is 0 Å². The van der Waals surface area contributed by atoms with E-state index < -0.39 is 0 Å². The van der Waals surface area contributed by atoms with Crippen LogP contribution in [-0.4, -0.2) is 36.8 Å². The molecule has 4 heteroatoms. The first-order chi connectivity index (χ1) is 11.5. The van der Waals surface area contributed by atoms with Crippen molar-refractivity contribution in [2.45, 2.75) is 57.0 Å². The maximum absolute atomic E-state index is 13.0. The molecule has 24 heavy (non-hydrogen) atoms. The molecule has 0 radical (unpaired) electrons. The van der Waals surface area contributed by atoms with Crippen molar-refractivity contribution in [3.05, 3.63) is 35.4 Å². The van der Waals surface area contributed by atoms with Gasteiger partial charge in [0, 0.05) is 25.6 Å². The summed E-state index contributed by atoms with van der Waals surface area (Å²) in [4.78, 5) is 13.0. The number of rotatable bonds is 5. The van der Waals surface area contributed by atoms with E-state index in [9.17, 15) is 9.90 Å². The molecule has 2 aliphatic rings. The van der Waals surface area contributed by atoms with Gasteiger partial charge >= 0.3 is 0 Å². The highest BCUT2D eigenvalue weighted by atomic mass is 16.3. The third-order valence-corrected chi connectivity index (χ3v) is 5.85. The Kier molecular flexibility index (Phi) is 5.26. The summed E-state index contributed by atoms with van der Waals surface area (Å²) in [5.41, 5.74) is 2.08. The maximum atomic E-state index is 13.0. The van der Waals surface area contributed by atoms with Gasteiger partial charge in [-0.25, -0.2) is 0 Å². The first kappa shape index (κ1) is 17.4. The van der Waals surface area contributed by atoms with Gasteiger partial charge in [0.05, 0.1) is 11.5 Å². The third kappa shape index (κ3) is 3.35. The lowest BCUT2D eigenvalue weighted by Crippen LogP contribution is -2.45. The Balaban J connectivity index is 1.73. The van der Waals surface area contributed by atoms with Crippen LogP contribution in [0.3, 0.4) is 0 Å². The predicted molar refractivity (Wildman–Crippen MR) is 96.1 cm³/mol. The number of β-amino-alcohol motifs (C(OH)–C–C–N with tert-alkyl or cyclic N) is 1. The van der Waals surface area contributed by atoms with Gasteiger partial charge in [0.1, 0.15) is 0 Å². The van der Waals surface area contributed by atoms with Crippen LogP contribution in [0.4, 0.5) is 0 Å². The normalized spacial score (nSPS) is 26.0. The van der Waals surface area contributed by atoms with E-state index in [2.05, 4.69) is 48.7 Å². The summed E-state index contributed by atoms with van der Waals surface area (Å²) in [6.45, 7) is 6.33. The minimum Gasteiger partial charge on any atom is -0.391 e. The SMILES string of the molecule is CC(C)c1ccc(C2(C(=O)NCC3CNCC3O)CCCC2)cc1. The molecule has 2 atom stereocenters. The summed E-state index contributed by atoms with van der Waals surface area (Å²) in [5.74, 6) is 0.760. The molecule has 3 N–H and O–H groups in total. The van der Waals surface area contributed by atoms with Crippen LogP contribution < -0.4 is 10.6 Å². The molecule has 1 heterocycles. The van der Waals surface area contributed by atoms with Gasteiger partial charge in [0.2, 0.25) is 5.91 Å². The molecule has 1 aliphatic heterocycles. The van der Waals surface area contributed by atoms with Crippen LogP contribution in [0.5, 0.6) is 0 Å². The molecule has 0 bridgehead atoms. The largest absolute Gasteiger partial charge is 0.391 e. The van der Waals surface area contributed by atoms with E-state index in [1.54, 1.807) is 0 Å². The summed E-state index contributed by atoms with van der Waals surface area (Å²) in [5, 5.41) is 16.2. The minimum absolute atomic E-state index is 0.121. The topological polar surface area (TPSA) is 61.4 Å². The van der Waals surface area contributed by atoms with Crippen LogP contribution in [0, 0.1) is 5.92 Å². The highest BCUT2D eigenvalue weighted by molar-refractivity contribution is 5.88. The van der Waals surface area contributed by atoms with Gasteiger partial charge in [-0.05, 0) is 29.9 Å². The molecule has 1 saturated heterocycles. The Morgan fingerprint density at radius 2 is 1.92 bits per heavy atom. The summed E-state index contributed by atoms with van der Waals surface area (Å²) in [6, 6.07) is 8.62. The third-order valence-electron chi connectivity index (χ3n) is 5.85. The summed E-state index contributed by atoms with van der Waals surface area (Å²) in [6.07, 6.45) is 3.70. The molecule has 1 aliphatic carbocycles. The number of amides is 1. The summed E-state index contributed by atoms with van der Waals surface area (Å²) in [7, 11) is 0. The number of hydrogen-bond donors (Lipinski definition) is 3. The van der Waals surface area contributed by atoms with Crippen LogP contribution in [-0.2, 0) is 10.2 Å².